The van der Waals surface area contributed by atoms with Crippen LogP contribution < -0.4 is 5.32 Å². The van der Waals surface area contributed by atoms with Crippen LogP contribution in [0, 0.1) is 0 Å². The smallest absolute Gasteiger partial charge is 0.410 e. The maximum atomic E-state index is 12.2. The number of aromatic nitrogens is 2. The summed E-state index contributed by atoms with van der Waals surface area (Å²) in [6.07, 6.45) is 7.22. The van der Waals surface area contributed by atoms with Crippen molar-refractivity contribution in [3.05, 3.63) is 18.1 Å². The van der Waals surface area contributed by atoms with Crippen LogP contribution in [-0.4, -0.2) is 51.9 Å². The summed E-state index contributed by atoms with van der Waals surface area (Å²) < 4.78 is 5.46. The summed E-state index contributed by atoms with van der Waals surface area (Å²) in [5.74, 6) is 0. The van der Waals surface area contributed by atoms with E-state index in [1.54, 1.807) is 29.1 Å². The molecular formula is C16H26N4O2S. The normalized spacial score (nSPS) is 18.8. The third-order valence-electron chi connectivity index (χ3n) is 3.56. The number of likely N-dealkylation sites (tertiary alicyclic amines) is 1. The number of piperidine rings is 1. The molecule has 23 heavy (non-hydrogen) atoms. The fourth-order valence-corrected chi connectivity index (χ4v) is 3.05. The minimum atomic E-state index is -0.454. The van der Waals surface area contributed by atoms with E-state index in [4.69, 9.17) is 4.74 Å². The monoisotopic (exact) mass is 338 g/mol. The number of hydrogen-bond acceptors (Lipinski definition) is 6. The molecular weight excluding hydrogens is 312 g/mol. The molecule has 0 aromatic carbocycles. The fourth-order valence-electron chi connectivity index (χ4n) is 2.52. The average Bonchev–Trinajstić information content (AvgIpc) is 2.52. The van der Waals surface area contributed by atoms with E-state index in [0.29, 0.717) is 13.1 Å². The number of amides is 1. The van der Waals surface area contributed by atoms with Gasteiger partial charge >= 0.3 is 6.09 Å². The predicted octanol–water partition coefficient (Wildman–Crippen LogP) is 2.69. The van der Waals surface area contributed by atoms with Gasteiger partial charge in [-0.2, -0.15) is 0 Å². The molecule has 0 bridgehead atoms. The van der Waals surface area contributed by atoms with Gasteiger partial charge in [0.05, 0.1) is 5.69 Å². The van der Waals surface area contributed by atoms with Crippen LogP contribution in [0.4, 0.5) is 4.79 Å². The maximum absolute atomic E-state index is 12.2. The molecule has 6 nitrogen and oxygen atoms in total. The second-order valence-electron chi connectivity index (χ2n) is 6.66. The Bertz CT molecular complexity index is 533. The van der Waals surface area contributed by atoms with Gasteiger partial charge in [-0.3, -0.25) is 4.98 Å². The Morgan fingerprint density at radius 1 is 1.43 bits per heavy atom. The van der Waals surface area contributed by atoms with Crippen molar-refractivity contribution in [1.82, 2.24) is 20.2 Å². The highest BCUT2D eigenvalue weighted by atomic mass is 32.2. The number of carbonyl (C=O) groups excluding carboxylic acids is 1. The van der Waals surface area contributed by atoms with E-state index in [1.165, 1.54) is 0 Å². The van der Waals surface area contributed by atoms with Crippen molar-refractivity contribution in [2.45, 2.75) is 56.8 Å². The molecule has 2 rings (SSSR count). The third-order valence-corrected chi connectivity index (χ3v) is 4.29. The molecule has 7 heteroatoms. The van der Waals surface area contributed by atoms with Gasteiger partial charge in [0.2, 0.25) is 0 Å². The molecule has 1 saturated heterocycles. The minimum Gasteiger partial charge on any atom is -0.444 e. The molecule has 1 aliphatic rings. The van der Waals surface area contributed by atoms with E-state index in [-0.39, 0.29) is 12.1 Å². The highest BCUT2D eigenvalue weighted by Gasteiger charge is 2.27. The molecule has 2 heterocycles. The van der Waals surface area contributed by atoms with Crippen LogP contribution in [0.25, 0.3) is 0 Å². The summed E-state index contributed by atoms with van der Waals surface area (Å²) in [5, 5.41) is 4.44. The van der Waals surface area contributed by atoms with E-state index in [1.807, 2.05) is 27.0 Å². The van der Waals surface area contributed by atoms with Gasteiger partial charge in [-0.05, 0) is 39.9 Å². The van der Waals surface area contributed by atoms with Crippen molar-refractivity contribution >= 4 is 17.9 Å². The molecule has 1 fully saturated rings. The van der Waals surface area contributed by atoms with Crippen LogP contribution >= 0.6 is 11.8 Å². The summed E-state index contributed by atoms with van der Waals surface area (Å²) in [4.78, 5) is 22.7. The van der Waals surface area contributed by atoms with Crippen molar-refractivity contribution in [3.63, 3.8) is 0 Å². The van der Waals surface area contributed by atoms with Gasteiger partial charge in [-0.25, -0.2) is 9.78 Å². The lowest BCUT2D eigenvalue weighted by Gasteiger charge is -2.34. The van der Waals surface area contributed by atoms with Crippen LogP contribution in [0.3, 0.4) is 0 Å². The highest BCUT2D eigenvalue weighted by Crippen LogP contribution is 2.17. The number of carbonyl (C=O) groups is 1. The molecule has 0 aliphatic carbocycles. The summed E-state index contributed by atoms with van der Waals surface area (Å²) in [7, 11) is 0. The van der Waals surface area contributed by atoms with Crippen molar-refractivity contribution in [2.75, 3.05) is 19.3 Å². The summed E-state index contributed by atoms with van der Waals surface area (Å²) in [6.45, 7) is 7.77. The maximum Gasteiger partial charge on any atom is 0.410 e. The summed E-state index contributed by atoms with van der Waals surface area (Å²) in [5.41, 5.74) is 0.499. The van der Waals surface area contributed by atoms with Gasteiger partial charge in [-0.1, -0.05) is 0 Å². The Morgan fingerprint density at radius 2 is 2.17 bits per heavy atom. The molecule has 1 N–H and O–H groups in total. The van der Waals surface area contributed by atoms with Crippen molar-refractivity contribution in [1.29, 1.82) is 0 Å². The van der Waals surface area contributed by atoms with Gasteiger partial charge in [0.25, 0.3) is 0 Å². The Balaban J connectivity index is 1.88. The number of thioether (sulfide) groups is 1. The van der Waals surface area contributed by atoms with Gasteiger partial charge in [0.1, 0.15) is 10.6 Å². The average molecular weight is 338 g/mol. The van der Waals surface area contributed by atoms with Gasteiger partial charge in [0, 0.05) is 38.1 Å². The molecule has 1 aliphatic heterocycles. The lowest BCUT2D eigenvalue weighted by molar-refractivity contribution is 0.0187. The zero-order valence-electron chi connectivity index (χ0n) is 14.3. The first-order valence-electron chi connectivity index (χ1n) is 7.94. The predicted molar refractivity (Wildman–Crippen MR) is 91.5 cm³/mol. The fraction of sp³-hybridized carbons (Fsp3) is 0.688. The molecule has 0 radical (unpaired) electrons. The molecule has 1 aromatic rings. The van der Waals surface area contributed by atoms with Crippen LogP contribution in [0.1, 0.15) is 39.3 Å². The summed E-state index contributed by atoms with van der Waals surface area (Å²) in [6, 6.07) is 0.257. The number of rotatable bonds is 4. The topological polar surface area (TPSA) is 67.4 Å². The quantitative estimate of drug-likeness (QED) is 0.852. The van der Waals surface area contributed by atoms with E-state index >= 15 is 0 Å². The molecule has 1 amide bonds. The molecule has 128 valence electrons. The lowest BCUT2D eigenvalue weighted by atomic mass is 10.1. The molecule has 0 unspecified atom stereocenters. The first-order chi connectivity index (χ1) is 10.9. The first-order valence-corrected chi connectivity index (χ1v) is 9.16. The van der Waals surface area contributed by atoms with E-state index in [2.05, 4.69) is 15.3 Å². The van der Waals surface area contributed by atoms with Crippen molar-refractivity contribution in [3.8, 4) is 0 Å². The zero-order valence-corrected chi connectivity index (χ0v) is 15.2. The summed E-state index contributed by atoms with van der Waals surface area (Å²) >= 11 is 1.60. The number of ether oxygens (including phenoxy) is 1. The Hall–Kier alpha value is -1.34. The molecule has 0 spiro atoms. The number of hydrogen-bond donors (Lipinski definition) is 1. The van der Waals surface area contributed by atoms with Gasteiger partial charge in [-0.15, -0.1) is 11.8 Å². The Morgan fingerprint density at radius 3 is 2.87 bits per heavy atom. The molecule has 1 aromatic heterocycles. The molecule has 0 saturated carbocycles. The SMILES string of the molecule is CSc1nccnc1CN[C@@H]1CCCN(C(=O)OC(C)(C)C)C1. The lowest BCUT2D eigenvalue weighted by Crippen LogP contribution is -2.49. The highest BCUT2D eigenvalue weighted by molar-refractivity contribution is 7.98. The van der Waals surface area contributed by atoms with Crippen LogP contribution in [0.5, 0.6) is 0 Å². The van der Waals surface area contributed by atoms with Crippen LogP contribution in [0.15, 0.2) is 17.4 Å². The zero-order chi connectivity index (χ0) is 16.9. The largest absolute Gasteiger partial charge is 0.444 e. The second kappa shape index (κ2) is 7.97. The van der Waals surface area contributed by atoms with E-state index in [0.717, 1.165) is 30.1 Å². The van der Waals surface area contributed by atoms with Crippen LogP contribution in [-0.2, 0) is 11.3 Å². The Labute approximate surface area is 142 Å². The van der Waals surface area contributed by atoms with E-state index < -0.39 is 5.60 Å². The first kappa shape index (κ1) is 18.0. The number of nitrogens with zero attached hydrogens (tertiary/aromatic N) is 3. The Kier molecular flexibility index (Phi) is 6.24. The molecule has 1 atom stereocenters. The second-order valence-corrected chi connectivity index (χ2v) is 7.45. The third kappa shape index (κ3) is 5.66. The van der Waals surface area contributed by atoms with Gasteiger partial charge < -0.3 is 15.0 Å². The standard InChI is InChI=1S/C16H26N4O2S/c1-16(2,3)22-15(21)20-9-5-6-12(11-20)19-10-13-14(23-4)18-8-7-17-13/h7-8,12,19H,5-6,9-11H2,1-4H3/t12-/m1/s1. The van der Waals surface area contributed by atoms with Crippen LogP contribution in [0.2, 0.25) is 0 Å². The van der Waals surface area contributed by atoms with Gasteiger partial charge in [0.15, 0.2) is 0 Å². The minimum absolute atomic E-state index is 0.228. The van der Waals surface area contributed by atoms with Crippen molar-refractivity contribution < 1.29 is 9.53 Å². The van der Waals surface area contributed by atoms with Crippen molar-refractivity contribution in [2.24, 2.45) is 0 Å². The number of nitrogens with one attached hydrogen (secondary N) is 1. The van der Waals surface area contributed by atoms with E-state index in [9.17, 15) is 4.79 Å².